The van der Waals surface area contributed by atoms with Crippen LogP contribution in [0.5, 0.6) is 0 Å². The van der Waals surface area contributed by atoms with Gasteiger partial charge in [-0.05, 0) is 31.7 Å². The van der Waals surface area contributed by atoms with E-state index < -0.39 is 0 Å². The van der Waals surface area contributed by atoms with Crippen LogP contribution in [0.25, 0.3) is 0 Å². The molecule has 1 aliphatic carbocycles. The van der Waals surface area contributed by atoms with Crippen LogP contribution in [0.4, 0.5) is 17.1 Å². The van der Waals surface area contributed by atoms with E-state index >= 15 is 0 Å². The Morgan fingerprint density at radius 3 is 2.42 bits per heavy atom. The van der Waals surface area contributed by atoms with Crippen LogP contribution in [-0.4, -0.2) is 18.0 Å². The van der Waals surface area contributed by atoms with Gasteiger partial charge in [0.2, 0.25) is 0 Å². The number of nitrogens with one attached hydrogen (secondary N) is 2. The van der Waals surface area contributed by atoms with Crippen molar-refractivity contribution < 1.29 is 4.92 Å². The van der Waals surface area contributed by atoms with Gasteiger partial charge in [0.05, 0.1) is 4.92 Å². The summed E-state index contributed by atoms with van der Waals surface area (Å²) < 4.78 is 0. The van der Waals surface area contributed by atoms with Crippen molar-refractivity contribution in [2.24, 2.45) is 5.92 Å². The number of rotatable bonds is 6. The summed E-state index contributed by atoms with van der Waals surface area (Å²) in [5.74, 6) is 0.710. The Kier molecular flexibility index (Phi) is 4.60. The Balaban J connectivity index is 2.06. The van der Waals surface area contributed by atoms with E-state index in [1.54, 1.807) is 12.1 Å². The molecule has 0 amide bonds. The molecule has 2 N–H and O–H groups in total. The third-order valence-electron chi connectivity index (χ3n) is 3.58. The maximum Gasteiger partial charge on any atom is 0.273 e. The fourth-order valence-corrected chi connectivity index (χ4v) is 2.60. The van der Waals surface area contributed by atoms with Crippen LogP contribution in [0.1, 0.15) is 32.6 Å². The number of nitrogens with zero attached hydrogens (tertiary/aromatic N) is 1. The van der Waals surface area contributed by atoms with Gasteiger partial charge in [0.15, 0.2) is 0 Å². The van der Waals surface area contributed by atoms with Crippen molar-refractivity contribution in [3.8, 4) is 0 Å². The monoisotopic (exact) mass is 263 g/mol. The molecule has 0 aliphatic heterocycles. The van der Waals surface area contributed by atoms with Crippen LogP contribution in [0.3, 0.4) is 0 Å². The molecule has 1 aliphatic rings. The summed E-state index contributed by atoms with van der Waals surface area (Å²) >= 11 is 0. The summed E-state index contributed by atoms with van der Waals surface area (Å²) in [5, 5.41) is 17.4. The molecular formula is C14H21N3O2. The lowest BCUT2D eigenvalue weighted by molar-refractivity contribution is -0.384. The molecule has 0 unspecified atom stereocenters. The van der Waals surface area contributed by atoms with Crippen molar-refractivity contribution in [3.05, 3.63) is 28.3 Å². The molecule has 1 aromatic rings. The third kappa shape index (κ3) is 3.84. The number of nitro benzene ring substituents is 1. The first-order chi connectivity index (χ1) is 9.19. The summed E-state index contributed by atoms with van der Waals surface area (Å²) in [6.45, 7) is 3.64. The molecule has 2 rings (SSSR count). The summed E-state index contributed by atoms with van der Waals surface area (Å²) in [5.41, 5.74) is 1.76. The second-order valence-corrected chi connectivity index (χ2v) is 5.09. The number of anilines is 2. The Bertz CT molecular complexity index is 442. The van der Waals surface area contributed by atoms with Crippen LogP contribution in [0, 0.1) is 16.0 Å². The summed E-state index contributed by atoms with van der Waals surface area (Å²) in [7, 11) is 0. The quantitative estimate of drug-likeness (QED) is 0.607. The Morgan fingerprint density at radius 2 is 1.84 bits per heavy atom. The number of hydrogen-bond acceptors (Lipinski definition) is 4. The van der Waals surface area contributed by atoms with Crippen molar-refractivity contribution in [2.45, 2.75) is 32.6 Å². The number of benzene rings is 1. The molecule has 104 valence electrons. The molecule has 1 saturated carbocycles. The first-order valence-corrected chi connectivity index (χ1v) is 6.96. The SMILES string of the molecule is CCNc1cc(NCC2CCCC2)cc([N+](=O)[O-])c1. The summed E-state index contributed by atoms with van der Waals surface area (Å²) in [6, 6.07) is 5.12. The van der Waals surface area contributed by atoms with Crippen molar-refractivity contribution >= 4 is 17.1 Å². The predicted molar refractivity (Wildman–Crippen MR) is 77.7 cm³/mol. The highest BCUT2D eigenvalue weighted by atomic mass is 16.6. The van der Waals surface area contributed by atoms with Crippen LogP contribution in [0.2, 0.25) is 0 Å². The number of nitro groups is 1. The Hall–Kier alpha value is -1.78. The minimum atomic E-state index is -0.346. The molecule has 0 heterocycles. The minimum Gasteiger partial charge on any atom is -0.385 e. The lowest BCUT2D eigenvalue weighted by Crippen LogP contribution is -2.11. The van der Waals surface area contributed by atoms with E-state index in [0.29, 0.717) is 5.92 Å². The van der Waals surface area contributed by atoms with Crippen LogP contribution in [-0.2, 0) is 0 Å². The molecule has 5 heteroatoms. The van der Waals surface area contributed by atoms with Gasteiger partial charge in [0, 0.05) is 36.6 Å². The topological polar surface area (TPSA) is 67.2 Å². The Labute approximate surface area is 113 Å². The van der Waals surface area contributed by atoms with Gasteiger partial charge in [-0.25, -0.2) is 0 Å². The fourth-order valence-electron chi connectivity index (χ4n) is 2.60. The van der Waals surface area contributed by atoms with E-state index in [0.717, 1.165) is 24.5 Å². The van der Waals surface area contributed by atoms with Gasteiger partial charge in [-0.2, -0.15) is 0 Å². The zero-order chi connectivity index (χ0) is 13.7. The molecule has 1 aromatic carbocycles. The summed E-state index contributed by atoms with van der Waals surface area (Å²) in [6.07, 6.45) is 5.15. The predicted octanol–water partition coefficient (Wildman–Crippen LogP) is 3.63. The largest absolute Gasteiger partial charge is 0.385 e. The van der Waals surface area contributed by atoms with E-state index in [-0.39, 0.29) is 10.6 Å². The maximum atomic E-state index is 10.9. The number of hydrogen-bond donors (Lipinski definition) is 2. The van der Waals surface area contributed by atoms with Gasteiger partial charge in [-0.3, -0.25) is 10.1 Å². The molecule has 0 atom stereocenters. The van der Waals surface area contributed by atoms with Gasteiger partial charge in [-0.15, -0.1) is 0 Å². The zero-order valence-corrected chi connectivity index (χ0v) is 11.3. The molecule has 1 fully saturated rings. The molecule has 0 radical (unpaired) electrons. The van der Waals surface area contributed by atoms with Gasteiger partial charge >= 0.3 is 0 Å². The highest BCUT2D eigenvalue weighted by Crippen LogP contribution is 2.27. The van der Waals surface area contributed by atoms with Gasteiger partial charge in [0.1, 0.15) is 0 Å². The lowest BCUT2D eigenvalue weighted by Gasteiger charge is -2.13. The number of non-ortho nitro benzene ring substituents is 1. The first-order valence-electron chi connectivity index (χ1n) is 6.96. The molecule has 0 saturated heterocycles. The highest BCUT2D eigenvalue weighted by molar-refractivity contribution is 5.63. The molecular weight excluding hydrogens is 242 g/mol. The van der Waals surface area contributed by atoms with Crippen molar-refractivity contribution in [2.75, 3.05) is 23.7 Å². The maximum absolute atomic E-state index is 10.9. The van der Waals surface area contributed by atoms with E-state index in [1.165, 1.54) is 25.7 Å². The molecule has 19 heavy (non-hydrogen) atoms. The van der Waals surface area contributed by atoms with E-state index in [1.807, 2.05) is 13.0 Å². The minimum absolute atomic E-state index is 0.132. The van der Waals surface area contributed by atoms with Crippen LogP contribution in [0.15, 0.2) is 18.2 Å². The standard InChI is InChI=1S/C14H21N3O2/c1-2-15-12-7-13(9-14(8-12)17(18)19)16-10-11-5-3-4-6-11/h7-9,11,15-16H,2-6,10H2,1H3. The molecule has 0 aromatic heterocycles. The second-order valence-electron chi connectivity index (χ2n) is 5.09. The average molecular weight is 263 g/mol. The summed E-state index contributed by atoms with van der Waals surface area (Å²) in [4.78, 5) is 10.6. The van der Waals surface area contributed by atoms with E-state index in [4.69, 9.17) is 0 Å². The second kappa shape index (κ2) is 6.41. The first kappa shape index (κ1) is 13.6. The highest BCUT2D eigenvalue weighted by Gasteiger charge is 2.15. The average Bonchev–Trinajstić information content (AvgIpc) is 2.89. The van der Waals surface area contributed by atoms with Crippen LogP contribution < -0.4 is 10.6 Å². The van der Waals surface area contributed by atoms with E-state index in [2.05, 4.69) is 10.6 Å². The van der Waals surface area contributed by atoms with E-state index in [9.17, 15) is 10.1 Å². The van der Waals surface area contributed by atoms with Crippen LogP contribution >= 0.6 is 0 Å². The van der Waals surface area contributed by atoms with Gasteiger partial charge in [0.25, 0.3) is 5.69 Å². The van der Waals surface area contributed by atoms with Gasteiger partial charge in [-0.1, -0.05) is 12.8 Å². The van der Waals surface area contributed by atoms with Gasteiger partial charge < -0.3 is 10.6 Å². The molecule has 0 bridgehead atoms. The van der Waals surface area contributed by atoms with Crippen molar-refractivity contribution in [1.82, 2.24) is 0 Å². The smallest absolute Gasteiger partial charge is 0.273 e. The van der Waals surface area contributed by atoms with Crippen molar-refractivity contribution in [3.63, 3.8) is 0 Å². The normalized spacial score (nSPS) is 15.4. The fraction of sp³-hybridized carbons (Fsp3) is 0.571. The molecule has 5 nitrogen and oxygen atoms in total. The molecule has 0 spiro atoms. The van der Waals surface area contributed by atoms with Crippen molar-refractivity contribution in [1.29, 1.82) is 0 Å². The lowest BCUT2D eigenvalue weighted by atomic mass is 10.1. The third-order valence-corrected chi connectivity index (χ3v) is 3.58. The zero-order valence-electron chi connectivity index (χ0n) is 11.3. The Morgan fingerprint density at radius 1 is 1.21 bits per heavy atom.